The van der Waals surface area contributed by atoms with Crippen LogP contribution in [0.25, 0.3) is 22.3 Å². The zero-order chi connectivity index (χ0) is 17.3. The zero-order valence-electron chi connectivity index (χ0n) is 13.1. The highest BCUT2D eigenvalue weighted by Crippen LogP contribution is 2.44. The Balaban J connectivity index is 2.42. The van der Waals surface area contributed by atoms with E-state index in [0.717, 1.165) is 5.56 Å². The number of rotatable bonds is 3. The average molecular weight is 320 g/mol. The lowest BCUT2D eigenvalue weighted by Gasteiger charge is -2.16. The second kappa shape index (κ2) is 6.04. The van der Waals surface area contributed by atoms with Crippen molar-refractivity contribution in [3.05, 3.63) is 76.3 Å². The summed E-state index contributed by atoms with van der Waals surface area (Å²) in [5.41, 5.74) is 9.96. The summed E-state index contributed by atoms with van der Waals surface area (Å²) in [6.45, 7) is 1.76. The molecule has 0 heterocycles. The lowest BCUT2D eigenvalue weighted by Crippen LogP contribution is -2.01. The van der Waals surface area contributed by atoms with Crippen LogP contribution in [0, 0.1) is 17.0 Å². The van der Waals surface area contributed by atoms with Crippen LogP contribution in [0.3, 0.4) is 0 Å². The Hall–Kier alpha value is -3.34. The molecule has 0 radical (unpaired) electrons. The topological polar surface area (TPSA) is 89.4 Å². The number of phenols is 1. The van der Waals surface area contributed by atoms with Gasteiger partial charge in [0.1, 0.15) is 5.75 Å². The minimum Gasteiger partial charge on any atom is -0.508 e. The molecule has 0 spiro atoms. The highest BCUT2D eigenvalue weighted by Gasteiger charge is 2.24. The molecule has 3 N–H and O–H groups in total. The maximum absolute atomic E-state index is 11.6. The summed E-state index contributed by atoms with van der Waals surface area (Å²) in [6, 6.07) is 17.2. The van der Waals surface area contributed by atoms with Crippen molar-refractivity contribution < 1.29 is 10.0 Å². The van der Waals surface area contributed by atoms with Crippen molar-refractivity contribution in [3.8, 4) is 28.0 Å². The first kappa shape index (κ1) is 15.6. The van der Waals surface area contributed by atoms with E-state index in [1.54, 1.807) is 19.1 Å². The Morgan fingerprint density at radius 1 is 0.958 bits per heavy atom. The summed E-state index contributed by atoms with van der Waals surface area (Å²) in [7, 11) is 0. The van der Waals surface area contributed by atoms with Gasteiger partial charge < -0.3 is 10.8 Å². The Morgan fingerprint density at radius 3 is 2.12 bits per heavy atom. The van der Waals surface area contributed by atoms with Crippen LogP contribution in [0.5, 0.6) is 5.75 Å². The minimum absolute atomic E-state index is 0.00811. The Kier molecular flexibility index (Phi) is 3.92. The molecule has 3 aromatic carbocycles. The van der Waals surface area contributed by atoms with Gasteiger partial charge in [0.15, 0.2) is 0 Å². The second-order valence-corrected chi connectivity index (χ2v) is 5.55. The van der Waals surface area contributed by atoms with Crippen LogP contribution in [0.1, 0.15) is 5.56 Å². The van der Waals surface area contributed by atoms with E-state index in [9.17, 15) is 15.2 Å². The molecule has 0 saturated heterocycles. The lowest BCUT2D eigenvalue weighted by atomic mass is 9.89. The van der Waals surface area contributed by atoms with Gasteiger partial charge in [0.25, 0.3) is 5.69 Å². The normalized spacial score (nSPS) is 10.5. The summed E-state index contributed by atoms with van der Waals surface area (Å²) < 4.78 is 0. The molecular formula is C19H16N2O3. The molecule has 3 rings (SSSR count). The third kappa shape index (κ3) is 2.67. The van der Waals surface area contributed by atoms with Crippen LogP contribution in [0.2, 0.25) is 0 Å². The SMILES string of the molecule is Cc1cc([N+](=O)[O-])c(-c2ccc(O)cc2)c(-c2ccccc2)c1N. The van der Waals surface area contributed by atoms with Gasteiger partial charge in [-0.2, -0.15) is 0 Å². The standard InChI is InChI=1S/C19H16N2O3/c1-12-11-16(21(23)24)17(14-7-9-15(22)10-8-14)18(19(12)20)13-5-3-2-4-6-13/h2-11,22H,20H2,1H3. The molecule has 0 unspecified atom stereocenters. The number of hydrogen-bond donors (Lipinski definition) is 2. The molecule has 3 aromatic rings. The van der Waals surface area contributed by atoms with Crippen LogP contribution in [0.15, 0.2) is 60.7 Å². The molecule has 24 heavy (non-hydrogen) atoms. The number of nitro benzene ring substituents is 1. The van der Waals surface area contributed by atoms with Crippen molar-refractivity contribution in [3.63, 3.8) is 0 Å². The monoisotopic (exact) mass is 320 g/mol. The number of aromatic hydroxyl groups is 1. The zero-order valence-corrected chi connectivity index (χ0v) is 13.1. The van der Waals surface area contributed by atoms with Gasteiger partial charge in [-0.1, -0.05) is 42.5 Å². The Bertz CT molecular complexity index is 904. The predicted molar refractivity (Wildman–Crippen MR) is 94.8 cm³/mol. The molecule has 0 aliphatic rings. The fourth-order valence-corrected chi connectivity index (χ4v) is 2.78. The summed E-state index contributed by atoms with van der Waals surface area (Å²) in [5, 5.41) is 21.1. The first-order valence-corrected chi connectivity index (χ1v) is 7.41. The van der Waals surface area contributed by atoms with E-state index in [2.05, 4.69) is 0 Å². The molecule has 0 saturated carbocycles. The van der Waals surface area contributed by atoms with E-state index in [1.807, 2.05) is 30.3 Å². The van der Waals surface area contributed by atoms with Gasteiger partial charge in [-0.3, -0.25) is 10.1 Å². The van der Waals surface area contributed by atoms with Crippen molar-refractivity contribution in [2.75, 3.05) is 5.73 Å². The number of nitrogens with two attached hydrogens (primary N) is 1. The maximum atomic E-state index is 11.6. The van der Waals surface area contributed by atoms with E-state index in [-0.39, 0.29) is 11.4 Å². The van der Waals surface area contributed by atoms with Crippen molar-refractivity contribution in [1.29, 1.82) is 0 Å². The van der Waals surface area contributed by atoms with Gasteiger partial charge in [0, 0.05) is 17.3 Å². The predicted octanol–water partition coefficient (Wildman–Crippen LogP) is 4.53. The number of nitrogen functional groups attached to an aromatic ring is 1. The molecular weight excluding hydrogens is 304 g/mol. The summed E-state index contributed by atoms with van der Waals surface area (Å²) in [5.74, 6) is 0.0998. The molecule has 5 nitrogen and oxygen atoms in total. The smallest absolute Gasteiger partial charge is 0.278 e. The highest BCUT2D eigenvalue weighted by atomic mass is 16.6. The largest absolute Gasteiger partial charge is 0.508 e. The summed E-state index contributed by atoms with van der Waals surface area (Å²) in [6.07, 6.45) is 0. The number of benzene rings is 3. The molecule has 0 fully saturated rings. The van der Waals surface area contributed by atoms with Gasteiger partial charge in [-0.25, -0.2) is 0 Å². The number of anilines is 1. The van der Waals surface area contributed by atoms with Crippen molar-refractivity contribution in [1.82, 2.24) is 0 Å². The third-order valence-electron chi connectivity index (χ3n) is 3.97. The lowest BCUT2D eigenvalue weighted by molar-refractivity contribution is -0.384. The molecule has 5 heteroatoms. The first-order chi connectivity index (χ1) is 11.5. The van der Waals surface area contributed by atoms with Gasteiger partial charge in [-0.05, 0) is 35.7 Å². The average Bonchev–Trinajstić information content (AvgIpc) is 2.58. The molecule has 0 aliphatic heterocycles. The van der Waals surface area contributed by atoms with E-state index in [1.165, 1.54) is 18.2 Å². The van der Waals surface area contributed by atoms with Gasteiger partial charge in [0.2, 0.25) is 0 Å². The summed E-state index contributed by atoms with van der Waals surface area (Å²) in [4.78, 5) is 11.2. The van der Waals surface area contributed by atoms with Crippen LogP contribution in [-0.2, 0) is 0 Å². The molecule has 0 amide bonds. The quantitative estimate of drug-likeness (QED) is 0.421. The van der Waals surface area contributed by atoms with Crippen molar-refractivity contribution >= 4 is 11.4 Å². The Morgan fingerprint density at radius 2 is 1.54 bits per heavy atom. The highest BCUT2D eigenvalue weighted by molar-refractivity contribution is 5.97. The fourth-order valence-electron chi connectivity index (χ4n) is 2.78. The van der Waals surface area contributed by atoms with E-state index in [4.69, 9.17) is 5.73 Å². The second-order valence-electron chi connectivity index (χ2n) is 5.55. The van der Waals surface area contributed by atoms with Gasteiger partial charge in [0.05, 0.1) is 10.5 Å². The van der Waals surface area contributed by atoms with Crippen LogP contribution in [0.4, 0.5) is 11.4 Å². The number of hydrogen-bond acceptors (Lipinski definition) is 4. The molecule has 0 atom stereocenters. The number of aryl methyl sites for hydroxylation is 1. The van der Waals surface area contributed by atoms with E-state index in [0.29, 0.717) is 27.9 Å². The van der Waals surface area contributed by atoms with Crippen LogP contribution < -0.4 is 5.73 Å². The molecule has 0 bridgehead atoms. The van der Waals surface area contributed by atoms with Crippen LogP contribution in [-0.4, -0.2) is 10.0 Å². The maximum Gasteiger partial charge on any atom is 0.278 e. The molecule has 120 valence electrons. The number of nitrogens with zero attached hydrogens (tertiary/aromatic N) is 1. The minimum atomic E-state index is -0.402. The molecule has 0 aliphatic carbocycles. The Labute approximate surface area is 139 Å². The van der Waals surface area contributed by atoms with Crippen molar-refractivity contribution in [2.24, 2.45) is 0 Å². The summed E-state index contributed by atoms with van der Waals surface area (Å²) >= 11 is 0. The molecule has 0 aromatic heterocycles. The fraction of sp³-hybridized carbons (Fsp3) is 0.0526. The first-order valence-electron chi connectivity index (χ1n) is 7.41. The van der Waals surface area contributed by atoms with E-state index < -0.39 is 4.92 Å². The third-order valence-corrected chi connectivity index (χ3v) is 3.97. The van der Waals surface area contributed by atoms with Crippen molar-refractivity contribution in [2.45, 2.75) is 6.92 Å². The number of nitro groups is 1. The van der Waals surface area contributed by atoms with Gasteiger partial charge in [-0.15, -0.1) is 0 Å². The number of phenolic OH excluding ortho intramolecular Hbond substituents is 1. The van der Waals surface area contributed by atoms with Crippen LogP contribution >= 0.6 is 0 Å². The van der Waals surface area contributed by atoms with Gasteiger partial charge >= 0.3 is 0 Å². The van der Waals surface area contributed by atoms with E-state index >= 15 is 0 Å².